The summed E-state index contributed by atoms with van der Waals surface area (Å²) in [5.74, 6) is -2.72. The maximum atomic E-state index is 13.3. The Labute approximate surface area is 262 Å². The molecule has 0 aliphatic carbocycles. The molecule has 6 nitrogen and oxygen atoms in total. The number of anilines is 1. The second kappa shape index (κ2) is 14.0. The van der Waals surface area contributed by atoms with Crippen LogP contribution in [-0.2, 0) is 17.8 Å². The number of carbonyl (C=O) groups excluding carboxylic acids is 3. The summed E-state index contributed by atoms with van der Waals surface area (Å²) in [6, 6.07) is 13.2. The van der Waals surface area contributed by atoms with Gasteiger partial charge in [0.1, 0.15) is 17.8 Å². The topological polar surface area (TPSA) is 84.5 Å². The van der Waals surface area contributed by atoms with Crippen molar-refractivity contribution in [3.63, 3.8) is 0 Å². The second-order valence-corrected chi connectivity index (χ2v) is 11.5. The van der Waals surface area contributed by atoms with E-state index in [1.165, 1.54) is 30.3 Å². The number of ketones is 1. The largest absolute Gasteiger partial charge is 0.487 e. The summed E-state index contributed by atoms with van der Waals surface area (Å²) in [5.41, 5.74) is -2.09. The van der Waals surface area contributed by atoms with Gasteiger partial charge in [-0.2, -0.15) is 13.2 Å². The number of halogens is 8. The molecule has 2 amide bonds. The fourth-order valence-corrected chi connectivity index (χ4v) is 4.57. The van der Waals surface area contributed by atoms with Crippen LogP contribution in [0.5, 0.6) is 5.75 Å². The van der Waals surface area contributed by atoms with E-state index in [1.807, 2.05) is 0 Å². The van der Waals surface area contributed by atoms with Gasteiger partial charge >= 0.3 is 6.18 Å². The zero-order valence-corrected chi connectivity index (χ0v) is 25.6. The molecule has 0 spiro atoms. The summed E-state index contributed by atoms with van der Waals surface area (Å²) in [6.45, 7) is 0.0900. The monoisotopic (exact) mass is 708 g/mol. The van der Waals surface area contributed by atoms with Gasteiger partial charge in [0.15, 0.2) is 5.78 Å². The zero-order chi connectivity index (χ0) is 32.1. The van der Waals surface area contributed by atoms with Gasteiger partial charge in [-0.05, 0) is 67.4 Å². The lowest BCUT2D eigenvalue weighted by Gasteiger charge is -2.26. The SMILES string of the molecule is CC(C)(C(=O)NCc1ccc(Cl)c(C(=O)Cc2ccc(OCC(F)F)c(C(=O)Nc3ccc(Br)cc3)c2)c1Cl)C(F)(F)F. The van der Waals surface area contributed by atoms with Crippen LogP contribution in [0, 0.1) is 5.41 Å². The van der Waals surface area contributed by atoms with Gasteiger partial charge < -0.3 is 15.4 Å². The third kappa shape index (κ3) is 8.67. The standard InChI is InChI=1S/C29H24BrCl2F5N2O4/c1-28(2,29(35,36)37)27(42)38-13-16-4-9-20(31)24(25(16)32)21(40)12-15-3-10-22(43-14-23(33)34)19(11-15)26(41)39-18-7-5-17(30)6-8-18/h3-11,23H,12-14H2,1-2H3,(H,38,42)(H,39,41). The number of carbonyl (C=O) groups is 3. The molecule has 0 heterocycles. The Morgan fingerprint density at radius 1 is 0.977 bits per heavy atom. The summed E-state index contributed by atoms with van der Waals surface area (Å²) in [4.78, 5) is 38.6. The Bertz CT molecular complexity index is 1520. The number of nitrogens with one attached hydrogen (secondary N) is 2. The van der Waals surface area contributed by atoms with Gasteiger partial charge in [-0.15, -0.1) is 0 Å². The molecule has 3 aromatic rings. The predicted octanol–water partition coefficient (Wildman–Crippen LogP) is 8.28. The molecule has 0 saturated heterocycles. The molecule has 14 heteroatoms. The molecule has 0 aliphatic heterocycles. The van der Waals surface area contributed by atoms with E-state index < -0.39 is 48.8 Å². The Morgan fingerprint density at radius 3 is 2.23 bits per heavy atom. The molecule has 43 heavy (non-hydrogen) atoms. The number of rotatable bonds is 11. The van der Waals surface area contributed by atoms with Crippen LogP contribution in [0.1, 0.15) is 45.7 Å². The van der Waals surface area contributed by atoms with E-state index in [0.29, 0.717) is 5.69 Å². The van der Waals surface area contributed by atoms with E-state index in [4.69, 9.17) is 27.9 Å². The first kappa shape index (κ1) is 34.3. The molecule has 3 aromatic carbocycles. The first-order valence-corrected chi connectivity index (χ1v) is 14.0. The van der Waals surface area contributed by atoms with Crippen molar-refractivity contribution < 1.29 is 41.1 Å². The van der Waals surface area contributed by atoms with Gasteiger partial charge in [-0.1, -0.05) is 51.3 Å². The van der Waals surface area contributed by atoms with Crippen molar-refractivity contribution in [3.8, 4) is 5.75 Å². The lowest BCUT2D eigenvalue weighted by molar-refractivity contribution is -0.211. The minimum atomic E-state index is -4.80. The van der Waals surface area contributed by atoms with Gasteiger partial charge in [-0.3, -0.25) is 14.4 Å². The lowest BCUT2D eigenvalue weighted by Crippen LogP contribution is -2.46. The molecule has 0 aromatic heterocycles. The first-order valence-electron chi connectivity index (χ1n) is 12.5. The maximum Gasteiger partial charge on any atom is 0.402 e. The highest BCUT2D eigenvalue weighted by atomic mass is 79.9. The van der Waals surface area contributed by atoms with Crippen LogP contribution < -0.4 is 15.4 Å². The van der Waals surface area contributed by atoms with Crippen LogP contribution in [0.15, 0.2) is 59.1 Å². The fraction of sp³-hybridized carbons (Fsp3) is 0.276. The van der Waals surface area contributed by atoms with Crippen LogP contribution >= 0.6 is 39.1 Å². The predicted molar refractivity (Wildman–Crippen MR) is 156 cm³/mol. The van der Waals surface area contributed by atoms with Crippen LogP contribution in [0.4, 0.5) is 27.6 Å². The number of hydrogen-bond acceptors (Lipinski definition) is 4. The van der Waals surface area contributed by atoms with Crippen LogP contribution in [0.25, 0.3) is 0 Å². The van der Waals surface area contributed by atoms with E-state index in [2.05, 4.69) is 26.6 Å². The van der Waals surface area contributed by atoms with E-state index in [1.54, 1.807) is 24.3 Å². The van der Waals surface area contributed by atoms with E-state index in [9.17, 15) is 36.3 Å². The average molecular weight is 710 g/mol. The Balaban J connectivity index is 1.86. The van der Waals surface area contributed by atoms with Crippen molar-refractivity contribution >= 4 is 62.4 Å². The minimum Gasteiger partial charge on any atom is -0.487 e. The zero-order valence-electron chi connectivity index (χ0n) is 22.6. The molecule has 0 unspecified atom stereocenters. The quantitative estimate of drug-likeness (QED) is 0.155. The van der Waals surface area contributed by atoms with Gasteiger partial charge in [0.05, 0.1) is 21.2 Å². The van der Waals surface area contributed by atoms with Gasteiger partial charge in [0.25, 0.3) is 12.3 Å². The molecular formula is C29H24BrCl2F5N2O4. The van der Waals surface area contributed by atoms with Crippen LogP contribution in [0.3, 0.4) is 0 Å². The van der Waals surface area contributed by atoms with Crippen molar-refractivity contribution in [2.24, 2.45) is 5.41 Å². The molecule has 0 bridgehead atoms. The van der Waals surface area contributed by atoms with Crippen LogP contribution in [-0.4, -0.2) is 36.8 Å². The number of ether oxygens (including phenoxy) is 1. The van der Waals surface area contributed by atoms with Crippen molar-refractivity contribution in [1.29, 1.82) is 0 Å². The van der Waals surface area contributed by atoms with Gasteiger partial charge in [-0.25, -0.2) is 8.78 Å². The second-order valence-electron chi connectivity index (χ2n) is 9.79. The number of amides is 2. The van der Waals surface area contributed by atoms with Crippen molar-refractivity contribution in [2.45, 2.75) is 39.4 Å². The molecule has 3 rings (SSSR count). The van der Waals surface area contributed by atoms with Crippen molar-refractivity contribution in [1.82, 2.24) is 5.32 Å². The highest BCUT2D eigenvalue weighted by Gasteiger charge is 2.52. The third-order valence-corrected chi connectivity index (χ3v) is 7.56. The highest BCUT2D eigenvalue weighted by molar-refractivity contribution is 9.10. The van der Waals surface area contributed by atoms with Gasteiger partial charge in [0, 0.05) is 23.1 Å². The molecule has 230 valence electrons. The van der Waals surface area contributed by atoms with E-state index >= 15 is 0 Å². The summed E-state index contributed by atoms with van der Waals surface area (Å²) in [5, 5.41) is 4.59. The number of hydrogen-bond donors (Lipinski definition) is 2. The van der Waals surface area contributed by atoms with Crippen LogP contribution in [0.2, 0.25) is 10.0 Å². The van der Waals surface area contributed by atoms with Crippen molar-refractivity contribution in [3.05, 3.63) is 91.4 Å². The Hall–Kier alpha value is -3.22. The highest BCUT2D eigenvalue weighted by Crippen LogP contribution is 2.38. The minimum absolute atomic E-state index is 0.0502. The summed E-state index contributed by atoms with van der Waals surface area (Å²) in [7, 11) is 0. The Morgan fingerprint density at radius 2 is 1.63 bits per heavy atom. The third-order valence-electron chi connectivity index (χ3n) is 6.29. The molecule has 0 atom stereocenters. The normalized spacial score (nSPS) is 11.8. The molecule has 0 radical (unpaired) electrons. The van der Waals surface area contributed by atoms with Crippen molar-refractivity contribution in [2.75, 3.05) is 11.9 Å². The molecule has 0 aliphatic rings. The molecule has 0 fully saturated rings. The Kier molecular flexibility index (Phi) is 11.2. The van der Waals surface area contributed by atoms with E-state index in [0.717, 1.165) is 18.3 Å². The summed E-state index contributed by atoms with van der Waals surface area (Å²) < 4.78 is 71.1. The smallest absolute Gasteiger partial charge is 0.402 e. The van der Waals surface area contributed by atoms with Gasteiger partial charge in [0.2, 0.25) is 5.91 Å². The molecule has 0 saturated carbocycles. The number of alkyl halides is 5. The lowest BCUT2D eigenvalue weighted by atomic mass is 9.91. The molecular weight excluding hydrogens is 686 g/mol. The number of Topliss-reactive ketones (excluding diaryl/α,β-unsaturated/α-hetero) is 1. The maximum absolute atomic E-state index is 13.3. The molecule has 2 N–H and O–H groups in total. The summed E-state index contributed by atoms with van der Waals surface area (Å²) >= 11 is 15.9. The average Bonchev–Trinajstić information content (AvgIpc) is 2.92. The fourth-order valence-electron chi connectivity index (χ4n) is 3.66. The van der Waals surface area contributed by atoms with E-state index in [-0.39, 0.29) is 44.5 Å². The summed E-state index contributed by atoms with van der Waals surface area (Å²) in [6.07, 6.45) is -7.94. The number of benzene rings is 3. The first-order chi connectivity index (χ1) is 20.0.